The molecular weight excluding hydrogens is 486 g/mol. The van der Waals surface area contributed by atoms with E-state index in [9.17, 15) is 9.59 Å². The molecule has 0 aliphatic carbocycles. The standard InChI is InChI=1S/C34H67NO4/c1-6-8-10-12-15-19-25-31(26-20-16-13-11-9-7-2)38-32(36)27-21-17-14-18-23-29-35-30-24-22-28-33(37)39-34(3,4)5/h31,35H,6-30H2,1-5H3. The lowest BCUT2D eigenvalue weighted by atomic mass is 10.0. The third kappa shape index (κ3) is 29.7. The van der Waals surface area contributed by atoms with Gasteiger partial charge in [0.25, 0.3) is 0 Å². The minimum Gasteiger partial charge on any atom is -0.462 e. The maximum absolute atomic E-state index is 12.5. The lowest BCUT2D eigenvalue weighted by Crippen LogP contribution is -2.24. The van der Waals surface area contributed by atoms with Gasteiger partial charge in [-0.3, -0.25) is 9.59 Å². The summed E-state index contributed by atoms with van der Waals surface area (Å²) >= 11 is 0. The van der Waals surface area contributed by atoms with Crippen molar-refractivity contribution in [3.8, 4) is 0 Å². The van der Waals surface area contributed by atoms with Crippen molar-refractivity contribution in [2.75, 3.05) is 13.1 Å². The zero-order valence-electron chi connectivity index (χ0n) is 26.9. The average Bonchev–Trinajstić information content (AvgIpc) is 2.87. The van der Waals surface area contributed by atoms with Gasteiger partial charge in [0.05, 0.1) is 0 Å². The summed E-state index contributed by atoms with van der Waals surface area (Å²) in [5.74, 6) is -0.0810. The van der Waals surface area contributed by atoms with E-state index < -0.39 is 5.60 Å². The van der Waals surface area contributed by atoms with Crippen LogP contribution in [-0.2, 0) is 19.1 Å². The highest BCUT2D eigenvalue weighted by Gasteiger charge is 2.16. The van der Waals surface area contributed by atoms with Crippen LogP contribution in [0, 0.1) is 0 Å². The van der Waals surface area contributed by atoms with Crippen LogP contribution in [-0.4, -0.2) is 36.7 Å². The maximum Gasteiger partial charge on any atom is 0.306 e. The summed E-state index contributed by atoms with van der Waals surface area (Å²) in [6.07, 6.45) is 26.2. The van der Waals surface area contributed by atoms with Crippen LogP contribution in [0.1, 0.15) is 182 Å². The molecule has 0 aromatic rings. The molecule has 5 heteroatoms. The SMILES string of the molecule is CCCCCCCCC(CCCCCCCC)OC(=O)CCCCCCCNCCCCC(=O)OC(C)(C)C. The number of hydrogen-bond acceptors (Lipinski definition) is 5. The molecule has 0 aliphatic rings. The molecule has 1 N–H and O–H groups in total. The van der Waals surface area contributed by atoms with Crippen molar-refractivity contribution in [3.05, 3.63) is 0 Å². The average molecular weight is 554 g/mol. The van der Waals surface area contributed by atoms with Crippen molar-refractivity contribution in [2.24, 2.45) is 0 Å². The van der Waals surface area contributed by atoms with Crippen LogP contribution in [0.4, 0.5) is 0 Å². The minimum atomic E-state index is -0.390. The maximum atomic E-state index is 12.5. The molecule has 0 rings (SSSR count). The van der Waals surface area contributed by atoms with E-state index in [1.54, 1.807) is 0 Å². The van der Waals surface area contributed by atoms with Gasteiger partial charge in [-0.25, -0.2) is 0 Å². The molecule has 5 nitrogen and oxygen atoms in total. The molecule has 0 aromatic heterocycles. The summed E-state index contributed by atoms with van der Waals surface area (Å²) in [4.78, 5) is 24.2. The van der Waals surface area contributed by atoms with E-state index in [-0.39, 0.29) is 18.0 Å². The van der Waals surface area contributed by atoms with Crippen LogP contribution in [0.15, 0.2) is 0 Å². The zero-order chi connectivity index (χ0) is 29.0. The number of unbranched alkanes of at least 4 members (excludes halogenated alkanes) is 15. The van der Waals surface area contributed by atoms with Crippen LogP contribution >= 0.6 is 0 Å². The number of nitrogens with one attached hydrogen (secondary N) is 1. The largest absolute Gasteiger partial charge is 0.462 e. The fourth-order valence-electron chi connectivity index (χ4n) is 4.90. The van der Waals surface area contributed by atoms with E-state index >= 15 is 0 Å². The van der Waals surface area contributed by atoms with Crippen molar-refractivity contribution in [2.45, 2.75) is 194 Å². The van der Waals surface area contributed by atoms with Gasteiger partial charge in [-0.15, -0.1) is 0 Å². The molecule has 0 spiro atoms. The molecule has 0 aromatic carbocycles. The Morgan fingerprint density at radius 1 is 0.564 bits per heavy atom. The van der Waals surface area contributed by atoms with Crippen LogP contribution in [0.25, 0.3) is 0 Å². The Bertz CT molecular complexity index is 542. The molecule has 0 saturated heterocycles. The predicted molar refractivity (Wildman–Crippen MR) is 166 cm³/mol. The Balaban J connectivity index is 3.84. The van der Waals surface area contributed by atoms with E-state index in [2.05, 4.69) is 19.2 Å². The number of ether oxygens (including phenoxy) is 2. The first kappa shape index (κ1) is 37.9. The van der Waals surface area contributed by atoms with Gasteiger partial charge >= 0.3 is 11.9 Å². The van der Waals surface area contributed by atoms with Crippen molar-refractivity contribution < 1.29 is 19.1 Å². The molecule has 0 radical (unpaired) electrons. The molecule has 232 valence electrons. The van der Waals surface area contributed by atoms with Gasteiger partial charge in [-0.05, 0) is 85.2 Å². The molecular formula is C34H67NO4. The lowest BCUT2D eigenvalue weighted by molar-refractivity contribution is -0.155. The number of carbonyl (C=O) groups excluding carboxylic acids is 2. The summed E-state index contributed by atoms with van der Waals surface area (Å²) in [5.41, 5.74) is -0.390. The van der Waals surface area contributed by atoms with E-state index in [0.29, 0.717) is 12.8 Å². The highest BCUT2D eigenvalue weighted by atomic mass is 16.6. The normalized spacial score (nSPS) is 11.7. The first-order chi connectivity index (χ1) is 18.8. The van der Waals surface area contributed by atoms with Crippen LogP contribution in [0.2, 0.25) is 0 Å². The molecule has 0 fully saturated rings. The van der Waals surface area contributed by atoms with Crippen LogP contribution in [0.3, 0.4) is 0 Å². The van der Waals surface area contributed by atoms with Crippen LogP contribution in [0.5, 0.6) is 0 Å². The molecule has 39 heavy (non-hydrogen) atoms. The van der Waals surface area contributed by atoms with Gasteiger partial charge in [0.2, 0.25) is 0 Å². The zero-order valence-corrected chi connectivity index (χ0v) is 26.9. The quantitative estimate of drug-likeness (QED) is 0.0771. The fraction of sp³-hybridized carbons (Fsp3) is 0.941. The lowest BCUT2D eigenvalue weighted by Gasteiger charge is -2.19. The second-order valence-corrected chi connectivity index (χ2v) is 12.5. The molecule has 0 aliphatic heterocycles. The Morgan fingerprint density at radius 2 is 0.974 bits per heavy atom. The van der Waals surface area contributed by atoms with Gasteiger partial charge in [0.15, 0.2) is 0 Å². The van der Waals surface area contributed by atoms with Crippen LogP contribution < -0.4 is 5.32 Å². The van der Waals surface area contributed by atoms with Crippen molar-refractivity contribution >= 4 is 11.9 Å². The van der Waals surface area contributed by atoms with Gasteiger partial charge in [0, 0.05) is 12.8 Å². The minimum absolute atomic E-state index is 0.0185. The predicted octanol–water partition coefficient (Wildman–Crippen LogP) is 9.84. The number of rotatable bonds is 28. The highest BCUT2D eigenvalue weighted by Crippen LogP contribution is 2.18. The first-order valence-electron chi connectivity index (χ1n) is 16.9. The van der Waals surface area contributed by atoms with Gasteiger partial charge in [-0.1, -0.05) is 97.3 Å². The first-order valence-corrected chi connectivity index (χ1v) is 16.9. The third-order valence-corrected chi connectivity index (χ3v) is 7.20. The molecule has 0 unspecified atom stereocenters. The molecule has 0 heterocycles. The molecule has 0 saturated carbocycles. The van der Waals surface area contributed by atoms with Crippen molar-refractivity contribution in [3.63, 3.8) is 0 Å². The Morgan fingerprint density at radius 3 is 1.51 bits per heavy atom. The summed E-state index contributed by atoms with van der Waals surface area (Å²) in [5, 5.41) is 3.47. The highest BCUT2D eigenvalue weighted by molar-refractivity contribution is 5.70. The van der Waals surface area contributed by atoms with Crippen molar-refractivity contribution in [1.29, 1.82) is 0 Å². The van der Waals surface area contributed by atoms with E-state index in [4.69, 9.17) is 9.47 Å². The Hall–Kier alpha value is -1.10. The van der Waals surface area contributed by atoms with Gasteiger partial charge < -0.3 is 14.8 Å². The summed E-state index contributed by atoms with van der Waals surface area (Å²) in [6.45, 7) is 12.2. The summed E-state index contributed by atoms with van der Waals surface area (Å²) in [7, 11) is 0. The second kappa shape index (κ2) is 27.1. The molecule has 0 atom stereocenters. The number of esters is 2. The smallest absolute Gasteiger partial charge is 0.306 e. The fourth-order valence-corrected chi connectivity index (χ4v) is 4.90. The van der Waals surface area contributed by atoms with E-state index in [0.717, 1.165) is 58.0 Å². The van der Waals surface area contributed by atoms with Crippen molar-refractivity contribution in [1.82, 2.24) is 5.32 Å². The van der Waals surface area contributed by atoms with Gasteiger partial charge in [-0.2, -0.15) is 0 Å². The number of hydrogen-bond donors (Lipinski definition) is 1. The van der Waals surface area contributed by atoms with E-state index in [1.807, 2.05) is 20.8 Å². The monoisotopic (exact) mass is 554 g/mol. The van der Waals surface area contributed by atoms with Gasteiger partial charge in [0.1, 0.15) is 11.7 Å². The Labute approximate surface area is 243 Å². The molecule has 0 amide bonds. The summed E-state index contributed by atoms with van der Waals surface area (Å²) < 4.78 is 11.3. The topological polar surface area (TPSA) is 64.6 Å². The second-order valence-electron chi connectivity index (χ2n) is 12.5. The molecule has 0 bridgehead atoms. The Kier molecular flexibility index (Phi) is 26.3. The number of carbonyl (C=O) groups is 2. The summed E-state index contributed by atoms with van der Waals surface area (Å²) in [6, 6.07) is 0. The van der Waals surface area contributed by atoms with E-state index in [1.165, 1.54) is 89.9 Å². The third-order valence-electron chi connectivity index (χ3n) is 7.20.